The van der Waals surface area contributed by atoms with Gasteiger partial charge in [0.1, 0.15) is 11.3 Å². The largest absolute Gasteiger partial charge is 0.508 e. The minimum Gasteiger partial charge on any atom is -0.508 e. The van der Waals surface area contributed by atoms with Gasteiger partial charge in [0.15, 0.2) is 5.76 Å². The lowest BCUT2D eigenvalue weighted by Crippen LogP contribution is -2.05. The molecule has 1 heterocycles. The van der Waals surface area contributed by atoms with Crippen LogP contribution in [0.4, 0.5) is 0 Å². The predicted octanol–water partition coefficient (Wildman–Crippen LogP) is 3.70. The number of benzene rings is 2. The van der Waals surface area contributed by atoms with Gasteiger partial charge in [0.25, 0.3) is 0 Å². The van der Waals surface area contributed by atoms with Crippen LogP contribution < -0.4 is 0 Å². The second-order valence-electron chi connectivity index (χ2n) is 5.68. The second-order valence-corrected chi connectivity index (χ2v) is 5.68. The molecule has 24 heavy (non-hydrogen) atoms. The molecule has 2 aromatic carbocycles. The molecule has 1 aromatic heterocycles. The van der Waals surface area contributed by atoms with Crippen molar-refractivity contribution >= 4 is 22.7 Å². The standard InChI is InChI=1S/C19H16O5/c1-11-2-4-12(5-3-11)18(23)19-15(8-9-17(21)22)14-7-6-13(20)10-16(14)24-19/h2-7,10,20H,8-9H2,1H3,(H,21,22). The smallest absolute Gasteiger partial charge is 0.303 e. The molecular weight excluding hydrogens is 308 g/mol. The summed E-state index contributed by atoms with van der Waals surface area (Å²) >= 11 is 0. The molecule has 0 atom stereocenters. The lowest BCUT2D eigenvalue weighted by Gasteiger charge is -2.02. The van der Waals surface area contributed by atoms with E-state index >= 15 is 0 Å². The van der Waals surface area contributed by atoms with Crippen LogP contribution in [0.1, 0.15) is 33.7 Å². The molecule has 0 aliphatic rings. The number of aryl methyl sites for hydroxylation is 2. The number of rotatable bonds is 5. The first-order valence-corrected chi connectivity index (χ1v) is 7.53. The monoisotopic (exact) mass is 324 g/mol. The molecule has 0 bridgehead atoms. The van der Waals surface area contributed by atoms with Crippen LogP contribution in [0, 0.1) is 6.92 Å². The zero-order valence-electron chi connectivity index (χ0n) is 13.1. The summed E-state index contributed by atoms with van der Waals surface area (Å²) in [5.41, 5.74) is 2.43. The predicted molar refractivity (Wildman–Crippen MR) is 88.4 cm³/mol. The van der Waals surface area contributed by atoms with Crippen molar-refractivity contribution in [1.82, 2.24) is 0 Å². The fourth-order valence-corrected chi connectivity index (χ4v) is 2.64. The topological polar surface area (TPSA) is 87.7 Å². The Morgan fingerprint density at radius 3 is 2.46 bits per heavy atom. The highest BCUT2D eigenvalue weighted by Gasteiger charge is 2.22. The van der Waals surface area contributed by atoms with E-state index in [1.54, 1.807) is 18.2 Å². The minimum absolute atomic E-state index is 0.0235. The summed E-state index contributed by atoms with van der Waals surface area (Å²) in [6.07, 6.45) is 0.0731. The number of furan rings is 1. The number of fused-ring (bicyclic) bond motifs is 1. The third kappa shape index (κ3) is 3.01. The molecule has 122 valence electrons. The van der Waals surface area contributed by atoms with Gasteiger partial charge >= 0.3 is 5.97 Å². The molecule has 2 N–H and O–H groups in total. The first kappa shape index (κ1) is 15.8. The summed E-state index contributed by atoms with van der Waals surface area (Å²) in [5.74, 6) is -1.10. The van der Waals surface area contributed by atoms with Gasteiger partial charge in [0.05, 0.1) is 0 Å². The van der Waals surface area contributed by atoms with Crippen molar-refractivity contribution in [2.75, 3.05) is 0 Å². The molecule has 0 saturated carbocycles. The van der Waals surface area contributed by atoms with E-state index in [-0.39, 0.29) is 30.1 Å². The van der Waals surface area contributed by atoms with E-state index in [9.17, 15) is 14.7 Å². The lowest BCUT2D eigenvalue weighted by molar-refractivity contribution is -0.136. The lowest BCUT2D eigenvalue weighted by atomic mass is 10.00. The molecule has 0 aliphatic carbocycles. The highest BCUT2D eigenvalue weighted by Crippen LogP contribution is 2.31. The van der Waals surface area contributed by atoms with Gasteiger partial charge in [0.2, 0.25) is 5.78 Å². The summed E-state index contributed by atoms with van der Waals surface area (Å²) in [6, 6.07) is 11.6. The number of hydrogen-bond acceptors (Lipinski definition) is 4. The molecule has 0 radical (unpaired) electrons. The van der Waals surface area contributed by atoms with E-state index < -0.39 is 5.97 Å². The van der Waals surface area contributed by atoms with Crippen LogP contribution in [0.5, 0.6) is 5.75 Å². The summed E-state index contributed by atoms with van der Waals surface area (Å²) < 4.78 is 5.66. The number of aliphatic carboxylic acids is 1. The van der Waals surface area contributed by atoms with Crippen LogP contribution in [0.2, 0.25) is 0 Å². The molecule has 0 saturated heterocycles. The number of carbonyl (C=O) groups excluding carboxylic acids is 1. The molecule has 0 aliphatic heterocycles. The Bertz CT molecular complexity index is 919. The molecule has 0 spiro atoms. The summed E-state index contributed by atoms with van der Waals surface area (Å²) in [4.78, 5) is 23.7. The van der Waals surface area contributed by atoms with Crippen LogP contribution in [0.25, 0.3) is 11.0 Å². The van der Waals surface area contributed by atoms with Crippen LogP contribution >= 0.6 is 0 Å². The Morgan fingerprint density at radius 1 is 1.08 bits per heavy atom. The van der Waals surface area contributed by atoms with Crippen molar-refractivity contribution in [1.29, 1.82) is 0 Å². The van der Waals surface area contributed by atoms with Crippen molar-refractivity contribution in [3.63, 3.8) is 0 Å². The van der Waals surface area contributed by atoms with Crippen LogP contribution in [0.15, 0.2) is 46.9 Å². The molecule has 0 fully saturated rings. The Morgan fingerprint density at radius 2 is 1.79 bits per heavy atom. The number of carboxylic acids is 1. The number of carbonyl (C=O) groups is 2. The Labute approximate surface area is 138 Å². The van der Waals surface area contributed by atoms with Gasteiger partial charge in [-0.1, -0.05) is 29.8 Å². The minimum atomic E-state index is -0.947. The highest BCUT2D eigenvalue weighted by atomic mass is 16.4. The molecule has 3 aromatic rings. The number of phenols is 1. The molecule has 0 unspecified atom stereocenters. The maximum absolute atomic E-state index is 12.8. The molecule has 0 amide bonds. The third-order valence-electron chi connectivity index (χ3n) is 3.89. The fraction of sp³-hybridized carbons (Fsp3) is 0.158. The van der Waals surface area contributed by atoms with Gasteiger partial charge in [-0.25, -0.2) is 0 Å². The second kappa shape index (κ2) is 6.20. The van der Waals surface area contributed by atoms with E-state index in [0.29, 0.717) is 22.1 Å². The molecule has 5 heteroatoms. The number of carboxylic acid groups (broad SMARTS) is 1. The van der Waals surface area contributed by atoms with E-state index in [0.717, 1.165) is 5.56 Å². The Hall–Kier alpha value is -3.08. The fourth-order valence-electron chi connectivity index (χ4n) is 2.64. The average Bonchev–Trinajstić information content (AvgIpc) is 2.90. The van der Waals surface area contributed by atoms with Crippen LogP contribution in [0.3, 0.4) is 0 Å². The SMILES string of the molecule is Cc1ccc(C(=O)c2oc3cc(O)ccc3c2CCC(=O)O)cc1. The van der Waals surface area contributed by atoms with Gasteiger partial charge in [-0.3, -0.25) is 9.59 Å². The van der Waals surface area contributed by atoms with Crippen molar-refractivity contribution in [2.24, 2.45) is 0 Å². The van der Waals surface area contributed by atoms with Crippen LogP contribution in [-0.4, -0.2) is 22.0 Å². The normalized spacial score (nSPS) is 10.9. The maximum Gasteiger partial charge on any atom is 0.303 e. The first-order chi connectivity index (χ1) is 11.5. The van der Waals surface area contributed by atoms with Crippen molar-refractivity contribution in [2.45, 2.75) is 19.8 Å². The number of aromatic hydroxyl groups is 1. The van der Waals surface area contributed by atoms with E-state index in [1.807, 2.05) is 19.1 Å². The average molecular weight is 324 g/mol. The van der Waals surface area contributed by atoms with Crippen molar-refractivity contribution in [3.8, 4) is 5.75 Å². The maximum atomic E-state index is 12.8. The summed E-state index contributed by atoms with van der Waals surface area (Å²) in [5, 5.41) is 19.2. The molecule has 5 nitrogen and oxygen atoms in total. The summed E-state index contributed by atoms with van der Waals surface area (Å²) in [7, 11) is 0. The quantitative estimate of drug-likeness (QED) is 0.699. The van der Waals surface area contributed by atoms with Gasteiger partial charge in [-0.2, -0.15) is 0 Å². The highest BCUT2D eigenvalue weighted by molar-refractivity contribution is 6.10. The van der Waals surface area contributed by atoms with Gasteiger partial charge < -0.3 is 14.6 Å². The van der Waals surface area contributed by atoms with E-state index in [4.69, 9.17) is 9.52 Å². The number of phenolic OH excluding ortho intramolecular Hbond substituents is 1. The van der Waals surface area contributed by atoms with Gasteiger partial charge in [0, 0.05) is 29.0 Å². The number of ketones is 1. The number of hydrogen-bond donors (Lipinski definition) is 2. The van der Waals surface area contributed by atoms with E-state index in [1.165, 1.54) is 12.1 Å². The third-order valence-corrected chi connectivity index (χ3v) is 3.89. The Kier molecular flexibility index (Phi) is 4.08. The Balaban J connectivity index is 2.10. The zero-order valence-corrected chi connectivity index (χ0v) is 13.1. The summed E-state index contributed by atoms with van der Waals surface area (Å²) in [6.45, 7) is 1.93. The van der Waals surface area contributed by atoms with Crippen LogP contribution in [-0.2, 0) is 11.2 Å². The van der Waals surface area contributed by atoms with Gasteiger partial charge in [-0.05, 0) is 25.5 Å². The molecular formula is C19H16O5. The van der Waals surface area contributed by atoms with Gasteiger partial charge in [-0.15, -0.1) is 0 Å². The van der Waals surface area contributed by atoms with E-state index in [2.05, 4.69) is 0 Å². The molecule has 3 rings (SSSR count). The van der Waals surface area contributed by atoms with Crippen molar-refractivity contribution in [3.05, 3.63) is 64.9 Å². The van der Waals surface area contributed by atoms with Crippen molar-refractivity contribution < 1.29 is 24.2 Å². The first-order valence-electron chi connectivity index (χ1n) is 7.53. The zero-order chi connectivity index (χ0) is 17.3.